The summed E-state index contributed by atoms with van der Waals surface area (Å²) in [6.07, 6.45) is 8.09. The number of aromatic nitrogens is 1. The van der Waals surface area contributed by atoms with Gasteiger partial charge in [-0.3, -0.25) is 4.79 Å². The van der Waals surface area contributed by atoms with E-state index in [1.165, 1.54) is 12.8 Å². The van der Waals surface area contributed by atoms with Gasteiger partial charge in [0.2, 0.25) is 0 Å². The third-order valence-electron chi connectivity index (χ3n) is 3.71. The molecule has 0 N–H and O–H groups in total. The first-order chi connectivity index (χ1) is 9.25. The zero-order valence-electron chi connectivity index (χ0n) is 11.2. The lowest BCUT2D eigenvalue weighted by Crippen LogP contribution is -2.11. The van der Waals surface area contributed by atoms with Crippen molar-refractivity contribution < 1.29 is 4.79 Å². The van der Waals surface area contributed by atoms with Crippen molar-refractivity contribution in [2.45, 2.75) is 19.8 Å². The fraction of sp³-hybridized carbons (Fsp3) is 0.312. The Kier molecular flexibility index (Phi) is 3.11. The highest BCUT2D eigenvalue weighted by Crippen LogP contribution is 2.17. The molecule has 2 aromatic heterocycles. The van der Waals surface area contributed by atoms with Gasteiger partial charge in [0, 0.05) is 42.8 Å². The monoisotopic (exact) mass is 254 g/mol. The number of nitrogens with zero attached hydrogens (tertiary/aromatic N) is 2. The number of pyridine rings is 1. The lowest BCUT2D eigenvalue weighted by atomic mass is 10.1. The molecule has 0 unspecified atom stereocenters. The van der Waals surface area contributed by atoms with Gasteiger partial charge in [-0.2, -0.15) is 0 Å². The SMILES string of the molecule is Cc1cc(C(=O)C=CN2CCCC2)c2ccccn12. The van der Waals surface area contributed by atoms with E-state index in [9.17, 15) is 4.79 Å². The molecule has 0 radical (unpaired) electrons. The molecule has 1 aliphatic heterocycles. The third kappa shape index (κ3) is 2.28. The number of likely N-dealkylation sites (tertiary alicyclic amines) is 1. The zero-order valence-corrected chi connectivity index (χ0v) is 11.2. The number of hydrogen-bond donors (Lipinski definition) is 0. The van der Waals surface area contributed by atoms with Crippen LogP contribution in [0.15, 0.2) is 42.7 Å². The van der Waals surface area contributed by atoms with Crippen LogP contribution in [0.25, 0.3) is 5.52 Å². The Labute approximate surface area is 113 Å². The molecule has 3 nitrogen and oxygen atoms in total. The molecule has 0 bridgehead atoms. The van der Waals surface area contributed by atoms with Gasteiger partial charge in [-0.15, -0.1) is 0 Å². The van der Waals surface area contributed by atoms with Crippen molar-refractivity contribution in [2.75, 3.05) is 13.1 Å². The average molecular weight is 254 g/mol. The van der Waals surface area contributed by atoms with Crippen molar-refractivity contribution in [3.8, 4) is 0 Å². The van der Waals surface area contributed by atoms with Crippen LogP contribution in [-0.4, -0.2) is 28.2 Å². The number of ketones is 1. The van der Waals surface area contributed by atoms with Gasteiger partial charge >= 0.3 is 0 Å². The summed E-state index contributed by atoms with van der Waals surface area (Å²) in [5.74, 6) is 0.0868. The number of rotatable bonds is 3. The normalized spacial score (nSPS) is 15.7. The number of hydrogen-bond acceptors (Lipinski definition) is 2. The van der Waals surface area contributed by atoms with Crippen molar-refractivity contribution in [1.82, 2.24) is 9.30 Å². The van der Waals surface area contributed by atoms with Crippen LogP contribution in [-0.2, 0) is 0 Å². The molecule has 3 rings (SSSR count). The van der Waals surface area contributed by atoms with E-state index in [0.29, 0.717) is 0 Å². The van der Waals surface area contributed by atoms with Gasteiger partial charge in [0.05, 0.1) is 5.52 Å². The minimum absolute atomic E-state index is 0.0868. The molecular formula is C16H18N2O. The Morgan fingerprint density at radius 1 is 1.26 bits per heavy atom. The Morgan fingerprint density at radius 3 is 2.84 bits per heavy atom. The molecule has 1 fully saturated rings. The molecule has 1 aliphatic rings. The van der Waals surface area contributed by atoms with Gasteiger partial charge in [0.25, 0.3) is 0 Å². The lowest BCUT2D eigenvalue weighted by molar-refractivity contribution is 0.104. The van der Waals surface area contributed by atoms with Crippen LogP contribution in [0.3, 0.4) is 0 Å². The van der Waals surface area contributed by atoms with Crippen LogP contribution in [0, 0.1) is 6.92 Å². The van der Waals surface area contributed by atoms with E-state index >= 15 is 0 Å². The molecule has 0 aromatic carbocycles. The summed E-state index contributed by atoms with van der Waals surface area (Å²) in [7, 11) is 0. The van der Waals surface area contributed by atoms with Gasteiger partial charge < -0.3 is 9.30 Å². The van der Waals surface area contributed by atoms with Crippen LogP contribution in [0.2, 0.25) is 0 Å². The smallest absolute Gasteiger partial charge is 0.189 e. The maximum absolute atomic E-state index is 12.3. The second-order valence-electron chi connectivity index (χ2n) is 5.08. The van der Waals surface area contributed by atoms with Crippen molar-refractivity contribution in [2.24, 2.45) is 0 Å². The van der Waals surface area contributed by atoms with E-state index < -0.39 is 0 Å². The predicted octanol–water partition coefficient (Wildman–Crippen LogP) is 3.04. The van der Waals surface area contributed by atoms with E-state index in [-0.39, 0.29) is 5.78 Å². The summed E-state index contributed by atoms with van der Waals surface area (Å²) in [5, 5.41) is 0. The second kappa shape index (κ2) is 4.92. The van der Waals surface area contributed by atoms with Gasteiger partial charge in [-0.05, 0) is 38.0 Å². The zero-order chi connectivity index (χ0) is 13.2. The van der Waals surface area contributed by atoms with E-state index in [2.05, 4.69) is 9.30 Å². The summed E-state index contributed by atoms with van der Waals surface area (Å²) in [6, 6.07) is 7.90. The van der Waals surface area contributed by atoms with Crippen LogP contribution >= 0.6 is 0 Å². The van der Waals surface area contributed by atoms with E-state index in [1.807, 2.05) is 43.6 Å². The Morgan fingerprint density at radius 2 is 2.05 bits per heavy atom. The van der Waals surface area contributed by atoms with E-state index in [4.69, 9.17) is 0 Å². The topological polar surface area (TPSA) is 24.7 Å². The number of aryl methyl sites for hydroxylation is 1. The molecule has 3 heterocycles. The molecule has 3 heteroatoms. The van der Waals surface area contributed by atoms with Crippen molar-refractivity contribution in [1.29, 1.82) is 0 Å². The number of fused-ring (bicyclic) bond motifs is 1. The predicted molar refractivity (Wildman–Crippen MR) is 76.4 cm³/mol. The fourth-order valence-electron chi connectivity index (χ4n) is 2.67. The maximum Gasteiger partial charge on any atom is 0.189 e. The molecule has 0 amide bonds. The number of carbonyl (C=O) groups excluding carboxylic acids is 1. The second-order valence-corrected chi connectivity index (χ2v) is 5.08. The molecule has 19 heavy (non-hydrogen) atoms. The van der Waals surface area contributed by atoms with Crippen LogP contribution in [0.4, 0.5) is 0 Å². The van der Waals surface area contributed by atoms with Gasteiger partial charge in [0.15, 0.2) is 5.78 Å². The van der Waals surface area contributed by atoms with Crippen LogP contribution in [0.1, 0.15) is 28.9 Å². The fourth-order valence-corrected chi connectivity index (χ4v) is 2.67. The van der Waals surface area contributed by atoms with Crippen LogP contribution in [0.5, 0.6) is 0 Å². The Bertz CT molecular complexity index is 633. The van der Waals surface area contributed by atoms with E-state index in [0.717, 1.165) is 29.9 Å². The van der Waals surface area contributed by atoms with Crippen molar-refractivity contribution in [3.63, 3.8) is 0 Å². The number of carbonyl (C=O) groups is 1. The first-order valence-corrected chi connectivity index (χ1v) is 6.79. The highest BCUT2D eigenvalue weighted by atomic mass is 16.1. The van der Waals surface area contributed by atoms with Crippen molar-refractivity contribution >= 4 is 11.3 Å². The number of allylic oxidation sites excluding steroid dienone is 1. The quantitative estimate of drug-likeness (QED) is 0.621. The minimum atomic E-state index is 0.0868. The largest absolute Gasteiger partial charge is 0.377 e. The molecule has 0 atom stereocenters. The Balaban J connectivity index is 1.89. The molecule has 1 saturated heterocycles. The molecule has 0 spiro atoms. The van der Waals surface area contributed by atoms with Gasteiger partial charge in [-0.1, -0.05) is 6.07 Å². The molecular weight excluding hydrogens is 236 g/mol. The summed E-state index contributed by atoms with van der Waals surface area (Å²) < 4.78 is 2.05. The third-order valence-corrected chi connectivity index (χ3v) is 3.71. The summed E-state index contributed by atoms with van der Waals surface area (Å²) >= 11 is 0. The average Bonchev–Trinajstić information content (AvgIpc) is 3.05. The summed E-state index contributed by atoms with van der Waals surface area (Å²) in [6.45, 7) is 4.16. The molecule has 0 aliphatic carbocycles. The molecule has 98 valence electrons. The highest BCUT2D eigenvalue weighted by molar-refractivity contribution is 6.09. The highest BCUT2D eigenvalue weighted by Gasteiger charge is 2.12. The van der Waals surface area contributed by atoms with Crippen LogP contribution < -0.4 is 0 Å². The minimum Gasteiger partial charge on any atom is -0.377 e. The molecule has 0 saturated carbocycles. The van der Waals surface area contributed by atoms with E-state index in [1.54, 1.807) is 6.08 Å². The first-order valence-electron chi connectivity index (χ1n) is 6.79. The maximum atomic E-state index is 12.3. The summed E-state index contributed by atoms with van der Waals surface area (Å²) in [5.41, 5.74) is 2.86. The van der Waals surface area contributed by atoms with Crippen molar-refractivity contribution in [3.05, 3.63) is 54.0 Å². The lowest BCUT2D eigenvalue weighted by Gasteiger charge is -2.09. The first kappa shape index (κ1) is 12.0. The molecule has 2 aromatic rings. The van der Waals surface area contributed by atoms with Gasteiger partial charge in [0.1, 0.15) is 0 Å². The standard InChI is InChI=1S/C16H18N2O/c1-13-12-14(15-6-2-3-10-18(13)15)16(19)7-11-17-8-4-5-9-17/h2-3,6-7,10-12H,4-5,8-9H2,1H3. The van der Waals surface area contributed by atoms with Gasteiger partial charge in [-0.25, -0.2) is 0 Å². The summed E-state index contributed by atoms with van der Waals surface area (Å²) in [4.78, 5) is 14.5. The Hall–Kier alpha value is -2.03.